The van der Waals surface area contributed by atoms with Crippen LogP contribution in [0.15, 0.2) is 0 Å². The second-order valence-corrected chi connectivity index (χ2v) is 7.68. The molecule has 2 fully saturated rings. The third kappa shape index (κ3) is 4.51. The van der Waals surface area contributed by atoms with Crippen LogP contribution in [0, 0.1) is 5.41 Å². The Balaban J connectivity index is 0.00000162. The van der Waals surface area contributed by atoms with Crippen molar-refractivity contribution >= 4 is 41.8 Å². The monoisotopic (exact) mass is 310 g/mol. The van der Waals surface area contributed by atoms with Gasteiger partial charge < -0.3 is 10.6 Å². The van der Waals surface area contributed by atoms with Crippen molar-refractivity contribution in [3.05, 3.63) is 0 Å². The van der Waals surface area contributed by atoms with E-state index in [9.17, 15) is 4.79 Å². The lowest BCUT2D eigenvalue weighted by molar-refractivity contribution is -0.131. The highest BCUT2D eigenvalue weighted by molar-refractivity contribution is 8.06. The highest BCUT2D eigenvalue weighted by atomic mass is 35.5. The van der Waals surface area contributed by atoms with Crippen molar-refractivity contribution in [1.29, 1.82) is 0 Å². The number of piperidine rings is 1. The Morgan fingerprint density at radius 3 is 2.94 bits per heavy atom. The smallest absolute Gasteiger partial charge is 0.227 e. The summed E-state index contributed by atoms with van der Waals surface area (Å²) in [6.07, 6.45) is 2.12. The number of thioether (sulfide) groups is 2. The van der Waals surface area contributed by atoms with Crippen LogP contribution in [0.4, 0.5) is 0 Å². The van der Waals surface area contributed by atoms with Crippen molar-refractivity contribution in [2.75, 3.05) is 36.9 Å². The molecule has 0 aromatic heterocycles. The van der Waals surface area contributed by atoms with Gasteiger partial charge in [-0.15, -0.1) is 12.4 Å². The van der Waals surface area contributed by atoms with E-state index in [4.69, 9.17) is 0 Å². The zero-order valence-electron chi connectivity index (χ0n) is 10.9. The molecular formula is C12H23ClN2OS2. The van der Waals surface area contributed by atoms with Gasteiger partial charge in [-0.3, -0.25) is 4.79 Å². The largest absolute Gasteiger partial charge is 0.354 e. The quantitative estimate of drug-likeness (QED) is 0.833. The average Bonchev–Trinajstić information content (AvgIpc) is 2.38. The fourth-order valence-electron chi connectivity index (χ4n) is 2.32. The van der Waals surface area contributed by atoms with Gasteiger partial charge >= 0.3 is 0 Å². The van der Waals surface area contributed by atoms with Crippen LogP contribution in [0.25, 0.3) is 0 Å². The van der Waals surface area contributed by atoms with E-state index >= 15 is 0 Å². The molecule has 18 heavy (non-hydrogen) atoms. The Morgan fingerprint density at radius 1 is 1.50 bits per heavy atom. The highest BCUT2D eigenvalue weighted by Gasteiger charge is 2.34. The van der Waals surface area contributed by atoms with Crippen LogP contribution in [0.1, 0.15) is 19.8 Å². The summed E-state index contributed by atoms with van der Waals surface area (Å²) in [5.41, 5.74) is -0.190. The SMILES string of the molecule is CC1(C(=O)NCC2CSCCS2)CCCNC1.Cl. The maximum absolute atomic E-state index is 12.2. The first kappa shape index (κ1) is 16.5. The normalized spacial score (nSPS) is 32.4. The topological polar surface area (TPSA) is 41.1 Å². The molecule has 0 radical (unpaired) electrons. The van der Waals surface area contributed by atoms with Gasteiger partial charge in [-0.25, -0.2) is 0 Å². The molecule has 0 aliphatic carbocycles. The second kappa shape index (κ2) is 7.88. The average molecular weight is 311 g/mol. The molecule has 0 spiro atoms. The Kier molecular flexibility index (Phi) is 7.21. The van der Waals surface area contributed by atoms with Gasteiger partial charge in [0.25, 0.3) is 0 Å². The predicted octanol–water partition coefficient (Wildman–Crippen LogP) is 1.76. The van der Waals surface area contributed by atoms with Crippen molar-refractivity contribution < 1.29 is 4.79 Å². The van der Waals surface area contributed by atoms with Crippen molar-refractivity contribution in [3.63, 3.8) is 0 Å². The standard InChI is InChI=1S/C12H22N2OS2.ClH/c1-12(3-2-4-13-9-12)11(15)14-7-10-8-16-5-6-17-10;/h10,13H,2-9H2,1H3,(H,14,15);1H. The lowest BCUT2D eigenvalue weighted by atomic mass is 9.82. The highest BCUT2D eigenvalue weighted by Crippen LogP contribution is 2.27. The summed E-state index contributed by atoms with van der Waals surface area (Å²) in [5.74, 6) is 3.90. The Labute approximate surface area is 124 Å². The number of hydrogen-bond acceptors (Lipinski definition) is 4. The van der Waals surface area contributed by atoms with Gasteiger partial charge in [-0.1, -0.05) is 0 Å². The van der Waals surface area contributed by atoms with E-state index in [2.05, 4.69) is 17.6 Å². The Morgan fingerprint density at radius 2 is 2.33 bits per heavy atom. The van der Waals surface area contributed by atoms with Crippen molar-refractivity contribution in [2.24, 2.45) is 5.41 Å². The van der Waals surface area contributed by atoms with E-state index < -0.39 is 0 Å². The summed E-state index contributed by atoms with van der Waals surface area (Å²) in [6.45, 7) is 4.80. The Hall–Kier alpha value is 0.420. The maximum atomic E-state index is 12.2. The zero-order chi connectivity index (χ0) is 12.1. The molecule has 1 amide bonds. The number of halogens is 1. The van der Waals surface area contributed by atoms with Gasteiger partial charge in [-0.05, 0) is 26.3 Å². The number of amides is 1. The lowest BCUT2D eigenvalue weighted by Crippen LogP contribution is -2.50. The summed E-state index contributed by atoms with van der Waals surface area (Å²) in [7, 11) is 0. The molecule has 2 heterocycles. The summed E-state index contributed by atoms with van der Waals surface area (Å²) >= 11 is 4.00. The molecule has 2 atom stereocenters. The van der Waals surface area contributed by atoms with Crippen LogP contribution in [-0.2, 0) is 4.79 Å². The van der Waals surface area contributed by atoms with Crippen LogP contribution in [0.5, 0.6) is 0 Å². The molecule has 2 aliphatic rings. The van der Waals surface area contributed by atoms with Gasteiger partial charge in [0, 0.05) is 35.6 Å². The second-order valence-electron chi connectivity index (χ2n) is 5.12. The fourth-order valence-corrected chi connectivity index (χ4v) is 4.94. The van der Waals surface area contributed by atoms with E-state index in [1.165, 1.54) is 17.3 Å². The summed E-state index contributed by atoms with van der Waals surface area (Å²) in [4.78, 5) is 12.2. The predicted molar refractivity (Wildman–Crippen MR) is 84.0 cm³/mol. The number of rotatable bonds is 3. The zero-order valence-corrected chi connectivity index (χ0v) is 13.3. The molecular weight excluding hydrogens is 288 g/mol. The molecule has 106 valence electrons. The molecule has 2 N–H and O–H groups in total. The van der Waals surface area contributed by atoms with E-state index in [1.54, 1.807) is 0 Å². The molecule has 0 aromatic rings. The van der Waals surface area contributed by atoms with Crippen LogP contribution in [0.2, 0.25) is 0 Å². The van der Waals surface area contributed by atoms with Crippen LogP contribution >= 0.6 is 35.9 Å². The molecule has 0 bridgehead atoms. The van der Waals surface area contributed by atoms with E-state index in [0.29, 0.717) is 5.25 Å². The Bertz CT molecular complexity index is 267. The molecule has 3 nitrogen and oxygen atoms in total. The van der Waals surface area contributed by atoms with Gasteiger partial charge in [0.05, 0.1) is 5.41 Å². The van der Waals surface area contributed by atoms with Gasteiger partial charge in [0.15, 0.2) is 0 Å². The molecule has 2 rings (SSSR count). The van der Waals surface area contributed by atoms with Crippen molar-refractivity contribution in [2.45, 2.75) is 25.0 Å². The number of hydrogen-bond donors (Lipinski definition) is 2. The summed E-state index contributed by atoms with van der Waals surface area (Å²) in [5, 5.41) is 7.08. The van der Waals surface area contributed by atoms with Crippen LogP contribution < -0.4 is 10.6 Å². The summed E-state index contributed by atoms with van der Waals surface area (Å²) < 4.78 is 0. The molecule has 2 aliphatic heterocycles. The number of carbonyl (C=O) groups is 1. The van der Waals surface area contributed by atoms with Gasteiger partial charge in [-0.2, -0.15) is 23.5 Å². The van der Waals surface area contributed by atoms with Gasteiger partial charge in [0.1, 0.15) is 0 Å². The minimum Gasteiger partial charge on any atom is -0.354 e. The van der Waals surface area contributed by atoms with E-state index in [-0.39, 0.29) is 23.7 Å². The maximum Gasteiger partial charge on any atom is 0.227 e. The third-order valence-corrected chi connectivity index (χ3v) is 6.37. The first-order valence-corrected chi connectivity index (χ1v) is 8.59. The number of nitrogens with one attached hydrogen (secondary N) is 2. The third-order valence-electron chi connectivity index (χ3n) is 3.52. The number of carbonyl (C=O) groups excluding carboxylic acids is 1. The van der Waals surface area contributed by atoms with Crippen LogP contribution in [-0.4, -0.2) is 48.0 Å². The molecule has 0 saturated carbocycles. The molecule has 2 unspecified atom stereocenters. The van der Waals surface area contributed by atoms with Crippen molar-refractivity contribution in [3.8, 4) is 0 Å². The molecule has 2 saturated heterocycles. The van der Waals surface area contributed by atoms with Crippen molar-refractivity contribution in [1.82, 2.24) is 10.6 Å². The minimum atomic E-state index is -0.190. The first-order chi connectivity index (χ1) is 8.21. The lowest BCUT2D eigenvalue weighted by Gasteiger charge is -2.33. The fraction of sp³-hybridized carbons (Fsp3) is 0.917. The van der Waals surface area contributed by atoms with Gasteiger partial charge in [0.2, 0.25) is 5.91 Å². The van der Waals surface area contributed by atoms with E-state index in [0.717, 1.165) is 32.5 Å². The molecule has 6 heteroatoms. The van der Waals surface area contributed by atoms with E-state index in [1.807, 2.05) is 23.5 Å². The summed E-state index contributed by atoms with van der Waals surface area (Å²) in [6, 6.07) is 0. The van der Waals surface area contributed by atoms with Crippen LogP contribution in [0.3, 0.4) is 0 Å². The first-order valence-electron chi connectivity index (χ1n) is 6.39. The minimum absolute atomic E-state index is 0. The molecule has 0 aromatic carbocycles.